The van der Waals surface area contributed by atoms with Gasteiger partial charge in [0.25, 0.3) is 0 Å². The van der Waals surface area contributed by atoms with Crippen molar-refractivity contribution < 1.29 is 9.53 Å². The Hall–Kier alpha value is -2.33. The second kappa shape index (κ2) is 10.6. The first-order valence-corrected chi connectivity index (χ1v) is 9.42. The molecule has 3 N–H and O–H groups in total. The summed E-state index contributed by atoms with van der Waals surface area (Å²) in [5.41, 5.74) is 8.45. The zero-order valence-corrected chi connectivity index (χ0v) is 15.8. The van der Waals surface area contributed by atoms with Crippen LogP contribution in [0.3, 0.4) is 0 Å². The smallest absolute Gasteiger partial charge is 0.224 e. The predicted octanol–water partition coefficient (Wildman–Crippen LogP) is 4.98. The fourth-order valence-corrected chi connectivity index (χ4v) is 2.84. The number of hydrogen-bond donors (Lipinski definition) is 2. The van der Waals surface area contributed by atoms with E-state index in [1.807, 2.05) is 50.2 Å². The van der Waals surface area contributed by atoms with Crippen LogP contribution in [0.5, 0.6) is 5.75 Å². The molecule has 1 unspecified atom stereocenters. The van der Waals surface area contributed by atoms with E-state index in [9.17, 15) is 4.79 Å². The first kappa shape index (κ1) is 20.0. The second-order valence-corrected chi connectivity index (χ2v) is 6.65. The maximum atomic E-state index is 12.1. The van der Waals surface area contributed by atoms with Crippen LogP contribution < -0.4 is 15.8 Å². The number of aryl methyl sites for hydroxylation is 1. The van der Waals surface area contributed by atoms with E-state index in [1.165, 1.54) is 0 Å². The molecule has 0 aliphatic heterocycles. The largest absolute Gasteiger partial charge is 0.486 e. The first-order chi connectivity index (χ1) is 12.6. The Morgan fingerprint density at radius 2 is 1.81 bits per heavy atom. The van der Waals surface area contributed by atoms with Gasteiger partial charge >= 0.3 is 0 Å². The Morgan fingerprint density at radius 3 is 2.50 bits per heavy atom. The number of hydrogen-bond acceptors (Lipinski definition) is 3. The summed E-state index contributed by atoms with van der Waals surface area (Å²) in [6, 6.07) is 15.9. The number of amides is 1. The maximum Gasteiger partial charge on any atom is 0.224 e. The number of anilines is 1. The molecule has 0 aromatic heterocycles. The molecule has 2 aromatic rings. The van der Waals surface area contributed by atoms with Gasteiger partial charge in [0.2, 0.25) is 5.91 Å². The number of carbonyl (C=O) groups is 1. The molecule has 4 heteroatoms. The van der Waals surface area contributed by atoms with Gasteiger partial charge in [-0.15, -0.1) is 0 Å². The molecule has 26 heavy (non-hydrogen) atoms. The highest BCUT2D eigenvalue weighted by Gasteiger charge is 2.09. The van der Waals surface area contributed by atoms with Gasteiger partial charge in [-0.1, -0.05) is 43.2 Å². The van der Waals surface area contributed by atoms with Crippen molar-refractivity contribution in [1.29, 1.82) is 0 Å². The molecule has 2 aromatic carbocycles. The Bertz CT molecular complexity index is 686. The molecule has 0 bridgehead atoms. The summed E-state index contributed by atoms with van der Waals surface area (Å²) in [5.74, 6) is 0.866. The molecular formula is C22H30N2O2. The van der Waals surface area contributed by atoms with Crippen molar-refractivity contribution in [3.05, 3.63) is 59.7 Å². The van der Waals surface area contributed by atoms with Crippen LogP contribution in [0.15, 0.2) is 48.5 Å². The third-order valence-electron chi connectivity index (χ3n) is 4.41. The molecule has 0 fully saturated rings. The monoisotopic (exact) mass is 354 g/mol. The Labute approximate surface area is 156 Å². The van der Waals surface area contributed by atoms with E-state index >= 15 is 0 Å². The van der Waals surface area contributed by atoms with Gasteiger partial charge in [0.1, 0.15) is 11.9 Å². The van der Waals surface area contributed by atoms with E-state index in [0.717, 1.165) is 54.8 Å². The minimum atomic E-state index is -0.0236. The van der Waals surface area contributed by atoms with E-state index in [2.05, 4.69) is 17.4 Å². The minimum absolute atomic E-state index is 0.0236. The van der Waals surface area contributed by atoms with Crippen molar-refractivity contribution in [2.24, 2.45) is 5.73 Å². The van der Waals surface area contributed by atoms with E-state index in [0.29, 0.717) is 6.42 Å². The number of benzene rings is 2. The molecule has 0 aliphatic carbocycles. The number of ether oxygens (including phenoxy) is 1. The number of carbonyl (C=O) groups excluding carboxylic acids is 1. The van der Waals surface area contributed by atoms with E-state index < -0.39 is 0 Å². The fourth-order valence-electron chi connectivity index (χ4n) is 2.84. The van der Waals surface area contributed by atoms with Gasteiger partial charge in [-0.3, -0.25) is 4.79 Å². The van der Waals surface area contributed by atoms with Gasteiger partial charge in [0.05, 0.1) is 0 Å². The average Bonchev–Trinajstić information content (AvgIpc) is 2.64. The summed E-state index contributed by atoms with van der Waals surface area (Å²) < 4.78 is 6.02. The SMILES string of the molecule is Cc1cc(OC(C)c2ccccc2)ccc1NC(=O)CCCCCCN. The topological polar surface area (TPSA) is 64.3 Å². The molecular weight excluding hydrogens is 324 g/mol. The molecule has 140 valence electrons. The molecule has 0 heterocycles. The number of unbranched alkanes of at least 4 members (excludes halogenated alkanes) is 3. The van der Waals surface area contributed by atoms with Gasteiger partial charge < -0.3 is 15.8 Å². The molecule has 0 aliphatic rings. The standard InChI is InChI=1S/C22H30N2O2/c1-17-16-20(26-18(2)19-10-6-5-7-11-19)13-14-21(17)24-22(25)12-8-3-4-9-15-23/h5-7,10-11,13-14,16,18H,3-4,8-9,12,15,23H2,1-2H3,(H,24,25). The maximum absolute atomic E-state index is 12.1. The van der Waals surface area contributed by atoms with Gasteiger partial charge in [-0.2, -0.15) is 0 Å². The summed E-state index contributed by atoms with van der Waals surface area (Å²) in [7, 11) is 0. The van der Waals surface area contributed by atoms with Gasteiger partial charge in [-0.25, -0.2) is 0 Å². The average molecular weight is 354 g/mol. The highest BCUT2D eigenvalue weighted by Crippen LogP contribution is 2.26. The highest BCUT2D eigenvalue weighted by atomic mass is 16.5. The summed E-state index contributed by atoms with van der Waals surface area (Å²) in [6.07, 6.45) is 4.60. The third kappa shape index (κ3) is 6.52. The van der Waals surface area contributed by atoms with Crippen LogP contribution in [0.25, 0.3) is 0 Å². The number of rotatable bonds is 10. The molecule has 1 atom stereocenters. The first-order valence-electron chi connectivity index (χ1n) is 9.42. The van der Waals surface area contributed by atoms with Crippen molar-refractivity contribution in [2.45, 2.75) is 52.1 Å². The van der Waals surface area contributed by atoms with Crippen molar-refractivity contribution in [3.8, 4) is 5.75 Å². The van der Waals surface area contributed by atoms with Gasteiger partial charge in [0.15, 0.2) is 0 Å². The highest BCUT2D eigenvalue weighted by molar-refractivity contribution is 5.91. The minimum Gasteiger partial charge on any atom is -0.486 e. The summed E-state index contributed by atoms with van der Waals surface area (Å²) in [5, 5.41) is 2.99. The number of nitrogens with two attached hydrogens (primary N) is 1. The lowest BCUT2D eigenvalue weighted by atomic mass is 10.1. The molecule has 0 saturated carbocycles. The van der Waals surface area contributed by atoms with Crippen molar-refractivity contribution in [1.82, 2.24) is 0 Å². The lowest BCUT2D eigenvalue weighted by Crippen LogP contribution is -2.12. The van der Waals surface area contributed by atoms with E-state index in [-0.39, 0.29) is 12.0 Å². The van der Waals surface area contributed by atoms with Crippen LogP contribution in [-0.2, 0) is 4.79 Å². The fraction of sp³-hybridized carbons (Fsp3) is 0.409. The lowest BCUT2D eigenvalue weighted by Gasteiger charge is -2.16. The van der Waals surface area contributed by atoms with Crippen molar-refractivity contribution in [2.75, 3.05) is 11.9 Å². The normalized spacial score (nSPS) is 11.8. The van der Waals surface area contributed by atoms with Crippen LogP contribution in [0.4, 0.5) is 5.69 Å². The Kier molecular flexibility index (Phi) is 8.16. The van der Waals surface area contributed by atoms with Crippen LogP contribution in [0.2, 0.25) is 0 Å². The van der Waals surface area contributed by atoms with E-state index in [4.69, 9.17) is 10.5 Å². The predicted molar refractivity (Wildman–Crippen MR) is 107 cm³/mol. The Morgan fingerprint density at radius 1 is 1.08 bits per heavy atom. The lowest BCUT2D eigenvalue weighted by molar-refractivity contribution is -0.116. The zero-order chi connectivity index (χ0) is 18.8. The van der Waals surface area contributed by atoms with Crippen LogP contribution in [0, 0.1) is 6.92 Å². The van der Waals surface area contributed by atoms with Crippen molar-refractivity contribution >= 4 is 11.6 Å². The zero-order valence-electron chi connectivity index (χ0n) is 15.8. The van der Waals surface area contributed by atoms with Crippen LogP contribution in [-0.4, -0.2) is 12.5 Å². The van der Waals surface area contributed by atoms with Crippen molar-refractivity contribution in [3.63, 3.8) is 0 Å². The number of nitrogens with one attached hydrogen (secondary N) is 1. The molecule has 1 amide bonds. The molecule has 0 saturated heterocycles. The summed E-state index contributed by atoms with van der Waals surface area (Å²) in [4.78, 5) is 12.1. The second-order valence-electron chi connectivity index (χ2n) is 6.65. The van der Waals surface area contributed by atoms with E-state index in [1.54, 1.807) is 0 Å². The summed E-state index contributed by atoms with van der Waals surface area (Å²) >= 11 is 0. The van der Waals surface area contributed by atoms with Crippen LogP contribution in [0.1, 0.15) is 56.3 Å². The molecule has 4 nitrogen and oxygen atoms in total. The molecule has 0 radical (unpaired) electrons. The van der Waals surface area contributed by atoms with Crippen LogP contribution >= 0.6 is 0 Å². The molecule has 2 rings (SSSR count). The summed E-state index contributed by atoms with van der Waals surface area (Å²) in [6.45, 7) is 4.74. The Balaban J connectivity index is 1.85. The van der Waals surface area contributed by atoms with Gasteiger partial charge in [0, 0.05) is 12.1 Å². The van der Waals surface area contributed by atoms with Gasteiger partial charge in [-0.05, 0) is 62.6 Å². The quantitative estimate of drug-likeness (QED) is 0.591. The molecule has 0 spiro atoms. The third-order valence-corrected chi connectivity index (χ3v) is 4.41.